The van der Waals surface area contributed by atoms with E-state index < -0.39 is 0 Å². The van der Waals surface area contributed by atoms with Crippen molar-refractivity contribution in [1.29, 1.82) is 5.26 Å². The van der Waals surface area contributed by atoms with E-state index in [4.69, 9.17) is 16.9 Å². The summed E-state index contributed by atoms with van der Waals surface area (Å²) in [5.74, 6) is -0.387. The van der Waals surface area contributed by atoms with Crippen LogP contribution < -0.4 is 5.32 Å². The second kappa shape index (κ2) is 11.1. The predicted octanol–water partition coefficient (Wildman–Crippen LogP) is 4.97. The van der Waals surface area contributed by atoms with Crippen LogP contribution in [-0.4, -0.2) is 40.7 Å². The monoisotopic (exact) mass is 440 g/mol. The topological polar surface area (TPSA) is 72.2 Å². The van der Waals surface area contributed by atoms with Gasteiger partial charge in [-0.2, -0.15) is 5.26 Å². The number of aliphatic hydroxyl groups excluding tert-OH is 1. The van der Waals surface area contributed by atoms with Crippen LogP contribution in [0.2, 0.25) is 5.02 Å². The van der Waals surface area contributed by atoms with Gasteiger partial charge in [-0.3, -0.25) is 9.88 Å². The molecule has 5 nitrogen and oxygen atoms in total. The standard InChI is InChI=1S/C24H26ClFN4O/c1-17(29-23-8-9-28-24-14-20(25)6-7-21(23)24)3-2-10-30(11-12-31)16-19-5-4-18(15-27)13-22(19)26/h4-9,13-14,17,31H,2-3,10-12,16H2,1H3,(H,28,29). The van der Waals surface area contributed by atoms with Crippen molar-refractivity contribution in [3.8, 4) is 6.07 Å². The van der Waals surface area contributed by atoms with Crippen molar-refractivity contribution in [2.75, 3.05) is 25.0 Å². The van der Waals surface area contributed by atoms with Gasteiger partial charge in [0.15, 0.2) is 0 Å². The third kappa shape index (κ3) is 6.38. The summed E-state index contributed by atoms with van der Waals surface area (Å²) in [6.07, 6.45) is 3.57. The summed E-state index contributed by atoms with van der Waals surface area (Å²) in [5.41, 5.74) is 2.70. The SMILES string of the molecule is CC(CCCN(CCO)Cc1ccc(C#N)cc1F)Nc1ccnc2cc(Cl)ccc12. The zero-order chi connectivity index (χ0) is 22.2. The average Bonchev–Trinajstić information content (AvgIpc) is 2.75. The van der Waals surface area contributed by atoms with Crippen LogP contribution in [0.4, 0.5) is 10.1 Å². The molecule has 0 fully saturated rings. The molecule has 2 N–H and O–H groups in total. The first-order chi connectivity index (χ1) is 15.0. The molecular formula is C24H26ClFN4O. The predicted molar refractivity (Wildman–Crippen MR) is 123 cm³/mol. The Hall–Kier alpha value is -2.72. The zero-order valence-corrected chi connectivity index (χ0v) is 18.2. The van der Waals surface area contributed by atoms with Gasteiger partial charge >= 0.3 is 0 Å². The number of aliphatic hydroxyl groups is 1. The fraction of sp³-hybridized carbons (Fsp3) is 0.333. The number of halogens is 2. The maximum absolute atomic E-state index is 14.2. The van der Waals surface area contributed by atoms with Gasteiger partial charge in [0.1, 0.15) is 5.82 Å². The van der Waals surface area contributed by atoms with Crippen molar-refractivity contribution in [1.82, 2.24) is 9.88 Å². The van der Waals surface area contributed by atoms with Crippen molar-refractivity contribution in [3.63, 3.8) is 0 Å². The first-order valence-corrected chi connectivity index (χ1v) is 10.7. The van der Waals surface area contributed by atoms with E-state index in [1.807, 2.05) is 35.2 Å². The van der Waals surface area contributed by atoms with Crippen LogP contribution in [0.3, 0.4) is 0 Å². The van der Waals surface area contributed by atoms with E-state index in [0.717, 1.165) is 36.0 Å². The van der Waals surface area contributed by atoms with Crippen LogP contribution in [0.25, 0.3) is 10.9 Å². The third-order valence-electron chi connectivity index (χ3n) is 5.21. The number of fused-ring (bicyclic) bond motifs is 1. The molecule has 1 heterocycles. The van der Waals surface area contributed by atoms with Crippen molar-refractivity contribution < 1.29 is 9.50 Å². The highest BCUT2D eigenvalue weighted by atomic mass is 35.5. The molecule has 0 amide bonds. The minimum Gasteiger partial charge on any atom is -0.395 e. The van der Waals surface area contributed by atoms with E-state index >= 15 is 0 Å². The first-order valence-electron chi connectivity index (χ1n) is 10.3. The molecule has 31 heavy (non-hydrogen) atoms. The molecular weight excluding hydrogens is 415 g/mol. The molecule has 2 aromatic carbocycles. The lowest BCUT2D eigenvalue weighted by Gasteiger charge is -2.23. The number of anilines is 1. The van der Waals surface area contributed by atoms with Crippen LogP contribution in [0.5, 0.6) is 0 Å². The molecule has 3 rings (SSSR count). The molecule has 1 aromatic heterocycles. The van der Waals surface area contributed by atoms with Gasteiger partial charge in [-0.05, 0) is 62.7 Å². The highest BCUT2D eigenvalue weighted by molar-refractivity contribution is 6.31. The van der Waals surface area contributed by atoms with E-state index in [2.05, 4.69) is 17.2 Å². The minimum atomic E-state index is -0.387. The molecule has 0 saturated heterocycles. The number of nitrogens with zero attached hydrogens (tertiary/aromatic N) is 3. The first kappa shape index (κ1) is 23.0. The van der Waals surface area contributed by atoms with Gasteiger partial charge < -0.3 is 10.4 Å². The molecule has 0 aliphatic heterocycles. The number of aromatic nitrogens is 1. The Bertz CT molecular complexity index is 1070. The second-order valence-electron chi connectivity index (χ2n) is 7.63. The summed E-state index contributed by atoms with van der Waals surface area (Å²) < 4.78 is 14.2. The van der Waals surface area contributed by atoms with Crippen molar-refractivity contribution in [2.24, 2.45) is 0 Å². The van der Waals surface area contributed by atoms with E-state index in [1.165, 1.54) is 6.07 Å². The number of hydrogen-bond acceptors (Lipinski definition) is 5. The second-order valence-corrected chi connectivity index (χ2v) is 8.06. The fourth-order valence-corrected chi connectivity index (χ4v) is 3.77. The fourth-order valence-electron chi connectivity index (χ4n) is 3.60. The number of benzene rings is 2. The van der Waals surface area contributed by atoms with Gasteiger partial charge in [0, 0.05) is 47.0 Å². The lowest BCUT2D eigenvalue weighted by molar-refractivity contribution is 0.186. The van der Waals surface area contributed by atoms with E-state index in [9.17, 15) is 9.50 Å². The Morgan fingerprint density at radius 1 is 1.23 bits per heavy atom. The molecule has 7 heteroatoms. The molecule has 1 unspecified atom stereocenters. The van der Waals surface area contributed by atoms with E-state index in [-0.39, 0.29) is 18.5 Å². The Balaban J connectivity index is 1.55. The molecule has 0 spiro atoms. The summed E-state index contributed by atoms with van der Waals surface area (Å²) in [7, 11) is 0. The maximum atomic E-state index is 14.2. The molecule has 162 valence electrons. The van der Waals surface area contributed by atoms with Crippen molar-refractivity contribution in [3.05, 3.63) is 70.6 Å². The summed E-state index contributed by atoms with van der Waals surface area (Å²) >= 11 is 6.06. The van der Waals surface area contributed by atoms with E-state index in [0.29, 0.717) is 29.2 Å². The van der Waals surface area contributed by atoms with Crippen LogP contribution in [0, 0.1) is 17.1 Å². The third-order valence-corrected chi connectivity index (χ3v) is 5.45. The maximum Gasteiger partial charge on any atom is 0.129 e. The average molecular weight is 441 g/mol. The van der Waals surface area contributed by atoms with Gasteiger partial charge in [0.2, 0.25) is 0 Å². The van der Waals surface area contributed by atoms with Crippen LogP contribution in [0.15, 0.2) is 48.7 Å². The van der Waals surface area contributed by atoms with Crippen LogP contribution in [0.1, 0.15) is 30.9 Å². The molecule has 0 saturated carbocycles. The van der Waals surface area contributed by atoms with Gasteiger partial charge in [0.05, 0.1) is 23.8 Å². The van der Waals surface area contributed by atoms with Gasteiger partial charge in [0.25, 0.3) is 0 Å². The highest BCUT2D eigenvalue weighted by Crippen LogP contribution is 2.25. The van der Waals surface area contributed by atoms with Crippen molar-refractivity contribution in [2.45, 2.75) is 32.4 Å². The molecule has 1 atom stereocenters. The van der Waals surface area contributed by atoms with Gasteiger partial charge in [-0.25, -0.2) is 4.39 Å². The molecule has 0 radical (unpaired) electrons. The summed E-state index contributed by atoms with van der Waals surface area (Å²) in [5, 5.41) is 23.5. The molecule has 0 aliphatic carbocycles. The largest absolute Gasteiger partial charge is 0.395 e. The summed E-state index contributed by atoms with van der Waals surface area (Å²) in [6.45, 7) is 3.74. The number of pyridine rings is 1. The summed E-state index contributed by atoms with van der Waals surface area (Å²) in [6, 6.07) is 14.3. The van der Waals surface area contributed by atoms with Crippen molar-refractivity contribution >= 4 is 28.2 Å². The lowest BCUT2D eigenvalue weighted by atomic mass is 10.1. The lowest BCUT2D eigenvalue weighted by Crippen LogP contribution is -2.29. The number of rotatable bonds is 10. The van der Waals surface area contributed by atoms with Gasteiger partial charge in [-0.15, -0.1) is 0 Å². The smallest absolute Gasteiger partial charge is 0.129 e. The quantitative estimate of drug-likeness (QED) is 0.465. The Morgan fingerprint density at radius 2 is 2.06 bits per heavy atom. The minimum absolute atomic E-state index is 0.0112. The number of nitrogens with one attached hydrogen (secondary N) is 1. The Morgan fingerprint density at radius 3 is 2.81 bits per heavy atom. The molecule has 0 aliphatic rings. The highest BCUT2D eigenvalue weighted by Gasteiger charge is 2.12. The van der Waals surface area contributed by atoms with Crippen LogP contribution in [-0.2, 0) is 6.54 Å². The number of hydrogen-bond donors (Lipinski definition) is 2. The molecule has 3 aromatic rings. The number of nitriles is 1. The summed E-state index contributed by atoms with van der Waals surface area (Å²) in [4.78, 5) is 6.40. The zero-order valence-electron chi connectivity index (χ0n) is 17.5. The Kier molecular flexibility index (Phi) is 8.19. The van der Waals surface area contributed by atoms with E-state index in [1.54, 1.807) is 18.3 Å². The molecule has 0 bridgehead atoms. The van der Waals surface area contributed by atoms with Gasteiger partial charge in [-0.1, -0.05) is 17.7 Å². The Labute approximate surface area is 187 Å². The normalized spacial score (nSPS) is 12.1. The van der Waals surface area contributed by atoms with Crippen LogP contribution >= 0.6 is 11.6 Å².